The molecule has 1 aromatic heterocycles. The molecule has 2 aromatic rings. The monoisotopic (exact) mass is 320 g/mol. The number of rotatable bonds is 3. The number of nitrogens with zero attached hydrogens (tertiary/aromatic N) is 2. The molecule has 0 bridgehead atoms. The van der Waals surface area contributed by atoms with Gasteiger partial charge in [-0.2, -0.15) is 5.10 Å². The van der Waals surface area contributed by atoms with Crippen LogP contribution in [-0.2, 0) is 11.3 Å². The van der Waals surface area contributed by atoms with E-state index in [1.165, 1.54) is 42.4 Å². The maximum Gasteiger partial charge on any atom is 0.0770 e. The predicted octanol–water partition coefficient (Wildman–Crippen LogP) is 4.19. The highest BCUT2D eigenvalue weighted by Gasteiger charge is 2.18. The lowest BCUT2D eigenvalue weighted by molar-refractivity contribution is 0.00400. The lowest BCUT2D eigenvalue weighted by Gasteiger charge is -2.22. The van der Waals surface area contributed by atoms with Gasteiger partial charge in [0.25, 0.3) is 0 Å². The van der Waals surface area contributed by atoms with Crippen LogP contribution in [0.2, 0.25) is 0 Å². The second-order valence-electron chi connectivity index (χ2n) is 7.01. The summed E-state index contributed by atoms with van der Waals surface area (Å²) in [4.78, 5) is 0. The summed E-state index contributed by atoms with van der Waals surface area (Å²) in [5.74, 6) is 7.27. The molecule has 0 spiro atoms. The molecule has 1 aromatic carbocycles. The number of ether oxygens (including phenoxy) is 1. The third-order valence-corrected chi connectivity index (χ3v) is 4.83. The number of benzene rings is 1. The number of hydrogen-bond acceptors (Lipinski definition) is 2. The maximum atomic E-state index is 5.81. The minimum Gasteiger partial charge on any atom is -0.376 e. The summed E-state index contributed by atoms with van der Waals surface area (Å²) < 4.78 is 7.83. The zero-order valence-electron chi connectivity index (χ0n) is 14.3. The molecule has 0 radical (unpaired) electrons. The minimum atomic E-state index is 0.313. The highest BCUT2D eigenvalue weighted by molar-refractivity contribution is 5.67. The third kappa shape index (κ3) is 3.71. The quantitative estimate of drug-likeness (QED) is 0.793. The maximum absolute atomic E-state index is 5.81. The van der Waals surface area contributed by atoms with E-state index in [1.54, 1.807) is 0 Å². The van der Waals surface area contributed by atoms with Gasteiger partial charge in [-0.25, -0.2) is 0 Å². The Morgan fingerprint density at radius 2 is 2.17 bits per heavy atom. The summed E-state index contributed by atoms with van der Waals surface area (Å²) >= 11 is 0. The van der Waals surface area contributed by atoms with Crippen molar-refractivity contribution in [1.82, 2.24) is 9.78 Å². The second kappa shape index (κ2) is 6.83. The average Bonchev–Trinajstić information content (AvgIpc) is 3.32. The Bertz CT molecular complexity index is 771. The third-order valence-electron chi connectivity index (χ3n) is 4.83. The van der Waals surface area contributed by atoms with E-state index in [1.807, 2.05) is 10.9 Å². The van der Waals surface area contributed by atoms with Gasteiger partial charge < -0.3 is 4.74 Å². The Labute approximate surface area is 144 Å². The molecule has 2 aliphatic rings. The molecule has 1 atom stereocenters. The van der Waals surface area contributed by atoms with E-state index < -0.39 is 0 Å². The normalized spacial score (nSPS) is 20.5. The van der Waals surface area contributed by atoms with Gasteiger partial charge in [-0.1, -0.05) is 17.9 Å². The fourth-order valence-electron chi connectivity index (χ4n) is 3.24. The van der Waals surface area contributed by atoms with Crippen molar-refractivity contribution in [3.05, 3.63) is 41.7 Å². The highest BCUT2D eigenvalue weighted by Crippen LogP contribution is 2.28. The van der Waals surface area contributed by atoms with Crippen LogP contribution in [0.15, 0.2) is 30.6 Å². The first-order valence-electron chi connectivity index (χ1n) is 9.04. The lowest BCUT2D eigenvalue weighted by Crippen LogP contribution is -2.24. The van der Waals surface area contributed by atoms with Crippen molar-refractivity contribution in [1.29, 1.82) is 0 Å². The van der Waals surface area contributed by atoms with Crippen LogP contribution in [0, 0.1) is 24.7 Å². The van der Waals surface area contributed by atoms with E-state index >= 15 is 0 Å². The van der Waals surface area contributed by atoms with Gasteiger partial charge in [0.05, 0.1) is 18.8 Å². The summed E-state index contributed by atoms with van der Waals surface area (Å²) in [6, 6.07) is 6.48. The molecule has 3 heteroatoms. The van der Waals surface area contributed by atoms with Crippen LogP contribution in [0.1, 0.15) is 43.2 Å². The fraction of sp³-hybridized carbons (Fsp3) is 0.476. The zero-order chi connectivity index (χ0) is 16.4. The fourth-order valence-corrected chi connectivity index (χ4v) is 3.24. The molecule has 0 amide bonds. The summed E-state index contributed by atoms with van der Waals surface area (Å²) in [6.45, 7) is 3.89. The number of hydrogen-bond donors (Lipinski definition) is 0. The van der Waals surface area contributed by atoms with Crippen LogP contribution < -0.4 is 0 Å². The van der Waals surface area contributed by atoms with Crippen LogP contribution in [0.25, 0.3) is 11.1 Å². The number of aromatic nitrogens is 2. The largest absolute Gasteiger partial charge is 0.376 e. The number of aryl methyl sites for hydroxylation is 1. The Kier molecular flexibility index (Phi) is 4.40. The van der Waals surface area contributed by atoms with Crippen LogP contribution in [0.4, 0.5) is 0 Å². The van der Waals surface area contributed by atoms with Crippen molar-refractivity contribution in [3.63, 3.8) is 0 Å². The van der Waals surface area contributed by atoms with Crippen LogP contribution in [0.3, 0.4) is 0 Å². The zero-order valence-corrected chi connectivity index (χ0v) is 14.3. The van der Waals surface area contributed by atoms with E-state index in [0.717, 1.165) is 25.1 Å². The summed E-state index contributed by atoms with van der Waals surface area (Å²) in [7, 11) is 0. The van der Waals surface area contributed by atoms with Gasteiger partial charge in [0.2, 0.25) is 0 Å². The van der Waals surface area contributed by atoms with Crippen molar-refractivity contribution in [2.45, 2.75) is 51.7 Å². The molecule has 1 saturated heterocycles. The van der Waals surface area contributed by atoms with E-state index in [4.69, 9.17) is 4.74 Å². The van der Waals surface area contributed by atoms with Crippen LogP contribution in [0.5, 0.6) is 0 Å². The summed E-state index contributed by atoms with van der Waals surface area (Å²) in [5.41, 5.74) is 4.78. The average molecular weight is 320 g/mol. The molecule has 2 heterocycles. The molecular weight excluding hydrogens is 296 g/mol. The van der Waals surface area contributed by atoms with E-state index in [9.17, 15) is 0 Å². The smallest absolute Gasteiger partial charge is 0.0770 e. The molecule has 1 unspecified atom stereocenters. The molecule has 1 saturated carbocycles. The molecule has 124 valence electrons. The van der Waals surface area contributed by atoms with Crippen molar-refractivity contribution >= 4 is 0 Å². The topological polar surface area (TPSA) is 27.1 Å². The van der Waals surface area contributed by atoms with E-state index in [0.29, 0.717) is 12.0 Å². The minimum absolute atomic E-state index is 0.313. The standard InChI is InChI=1S/C21H24N2O/c1-16-12-18(8-7-17-5-6-17)9-10-21(16)19-13-22-23(14-19)15-20-4-2-3-11-24-20/h9-10,12-14,17,20H,2-6,11,15H2,1H3. The molecule has 24 heavy (non-hydrogen) atoms. The van der Waals surface area contributed by atoms with Gasteiger partial charge in [0.1, 0.15) is 0 Å². The van der Waals surface area contributed by atoms with Gasteiger partial charge in [-0.05, 0) is 62.3 Å². The predicted molar refractivity (Wildman–Crippen MR) is 95.6 cm³/mol. The Hall–Kier alpha value is -2.05. The van der Waals surface area contributed by atoms with E-state index in [-0.39, 0.29) is 0 Å². The van der Waals surface area contributed by atoms with Gasteiger partial charge in [0.15, 0.2) is 0 Å². The first-order valence-corrected chi connectivity index (χ1v) is 9.04. The van der Waals surface area contributed by atoms with E-state index in [2.05, 4.69) is 48.3 Å². The summed E-state index contributed by atoms with van der Waals surface area (Å²) in [6.07, 6.45) is 10.5. The molecule has 1 aliphatic carbocycles. The van der Waals surface area contributed by atoms with Crippen molar-refractivity contribution in [2.24, 2.45) is 5.92 Å². The SMILES string of the molecule is Cc1cc(C#CC2CC2)ccc1-c1cnn(CC2CCCCO2)c1. The van der Waals surface area contributed by atoms with Gasteiger partial charge >= 0.3 is 0 Å². The Morgan fingerprint density at radius 3 is 2.92 bits per heavy atom. The van der Waals surface area contributed by atoms with Crippen molar-refractivity contribution in [3.8, 4) is 23.0 Å². The van der Waals surface area contributed by atoms with Crippen molar-refractivity contribution < 1.29 is 4.74 Å². The van der Waals surface area contributed by atoms with Crippen LogP contribution >= 0.6 is 0 Å². The molecule has 2 fully saturated rings. The Balaban J connectivity index is 1.48. The molecular formula is C21H24N2O. The Morgan fingerprint density at radius 1 is 1.25 bits per heavy atom. The molecule has 4 rings (SSSR count). The van der Waals surface area contributed by atoms with Crippen LogP contribution in [-0.4, -0.2) is 22.5 Å². The first kappa shape index (κ1) is 15.5. The lowest BCUT2D eigenvalue weighted by atomic mass is 10.0. The summed E-state index contributed by atoms with van der Waals surface area (Å²) in [5, 5.41) is 4.53. The van der Waals surface area contributed by atoms with Gasteiger partial charge in [0, 0.05) is 29.8 Å². The molecule has 3 nitrogen and oxygen atoms in total. The first-order chi connectivity index (χ1) is 11.8. The second-order valence-corrected chi connectivity index (χ2v) is 7.01. The molecule has 1 aliphatic heterocycles. The highest BCUT2D eigenvalue weighted by atomic mass is 16.5. The molecule has 0 N–H and O–H groups in total. The van der Waals surface area contributed by atoms with Crippen molar-refractivity contribution in [2.75, 3.05) is 6.61 Å². The van der Waals surface area contributed by atoms with Gasteiger partial charge in [-0.3, -0.25) is 4.68 Å². The van der Waals surface area contributed by atoms with Gasteiger partial charge in [-0.15, -0.1) is 0 Å².